The number of rotatable bonds is 0. The van der Waals surface area contributed by atoms with E-state index in [0.717, 1.165) is 0 Å². The first-order valence-corrected chi connectivity index (χ1v) is 3.59. The molecule has 1 aromatic heterocycles. The van der Waals surface area contributed by atoms with E-state index in [9.17, 15) is 0 Å². The van der Waals surface area contributed by atoms with Crippen molar-refractivity contribution in [3.05, 3.63) is 18.0 Å². The Morgan fingerprint density at radius 3 is 2.83 bits per heavy atom. The molecule has 4 heteroatoms. The Labute approximate surface area is 69.2 Å². The van der Waals surface area contributed by atoms with Gasteiger partial charge in [0.15, 0.2) is 11.5 Å². The fraction of sp³-hybridized carbons (Fsp3) is 0.125. The van der Waals surface area contributed by atoms with Gasteiger partial charge in [-0.3, -0.25) is 0 Å². The second-order valence-corrected chi connectivity index (χ2v) is 2.69. The van der Waals surface area contributed by atoms with Gasteiger partial charge in [0, 0.05) is 12.6 Å². The van der Waals surface area contributed by atoms with Crippen LogP contribution in [0.2, 0.25) is 0 Å². The Morgan fingerprint density at radius 1 is 1.33 bits per heavy atom. The molecule has 4 nitrogen and oxygen atoms in total. The first kappa shape index (κ1) is 6.97. The summed E-state index contributed by atoms with van der Waals surface area (Å²) < 4.78 is 5.26. The molecule has 0 saturated carbocycles. The Balaban J connectivity index is 2.88. The van der Waals surface area contributed by atoms with Gasteiger partial charge in [0.25, 0.3) is 0 Å². The fourth-order valence-electron chi connectivity index (χ4n) is 1.19. The highest BCUT2D eigenvalue weighted by atomic mass is 16.3. The Morgan fingerprint density at radius 2 is 2.08 bits per heavy atom. The number of nitrogens with zero attached hydrogens (tertiary/aromatic N) is 1. The predicted molar refractivity (Wildman–Crippen MR) is 47.6 cm³/mol. The molecule has 2 aromatic rings. The maximum Gasteiger partial charge on any atom is 0.192 e. The summed E-state index contributed by atoms with van der Waals surface area (Å²) in [5.74, 6) is 0.599. The van der Waals surface area contributed by atoms with Crippen LogP contribution in [-0.2, 0) is 0 Å². The molecule has 12 heavy (non-hydrogen) atoms. The van der Waals surface area contributed by atoms with Crippen molar-refractivity contribution in [2.45, 2.75) is 6.92 Å². The quantitative estimate of drug-likeness (QED) is 0.574. The van der Waals surface area contributed by atoms with Crippen molar-refractivity contribution >= 4 is 22.5 Å². The number of anilines is 2. The van der Waals surface area contributed by atoms with Crippen LogP contribution in [-0.4, -0.2) is 4.98 Å². The highest BCUT2D eigenvalue weighted by Gasteiger charge is 2.05. The third-order valence-corrected chi connectivity index (χ3v) is 1.65. The zero-order valence-electron chi connectivity index (χ0n) is 6.66. The summed E-state index contributed by atoms with van der Waals surface area (Å²) in [6, 6.07) is 3.40. The van der Waals surface area contributed by atoms with Crippen LogP contribution in [0.4, 0.5) is 11.4 Å². The highest BCUT2D eigenvalue weighted by Crippen LogP contribution is 2.24. The third-order valence-electron chi connectivity index (χ3n) is 1.65. The molecule has 0 fully saturated rings. The van der Waals surface area contributed by atoms with Crippen LogP contribution >= 0.6 is 0 Å². The van der Waals surface area contributed by atoms with Gasteiger partial charge >= 0.3 is 0 Å². The lowest BCUT2D eigenvalue weighted by atomic mass is 10.2. The standard InChI is InChI=1S/C8H9N3O/c1-4-11-7-3-5(9)2-6(10)8(7)12-4/h2-3H,9-10H2,1H3. The van der Waals surface area contributed by atoms with Crippen molar-refractivity contribution in [1.82, 2.24) is 4.98 Å². The first-order chi connectivity index (χ1) is 5.66. The zero-order valence-corrected chi connectivity index (χ0v) is 6.66. The van der Waals surface area contributed by atoms with Crippen molar-refractivity contribution < 1.29 is 4.42 Å². The molecule has 2 rings (SSSR count). The minimum absolute atomic E-state index is 0.533. The molecule has 0 bridgehead atoms. The molecule has 0 aliphatic carbocycles. The monoisotopic (exact) mass is 163 g/mol. The molecule has 62 valence electrons. The van der Waals surface area contributed by atoms with Gasteiger partial charge in [-0.2, -0.15) is 0 Å². The Hall–Kier alpha value is -1.71. The van der Waals surface area contributed by atoms with E-state index in [4.69, 9.17) is 15.9 Å². The van der Waals surface area contributed by atoms with E-state index in [1.807, 2.05) is 0 Å². The lowest BCUT2D eigenvalue weighted by Crippen LogP contribution is -1.89. The fourth-order valence-corrected chi connectivity index (χ4v) is 1.19. The summed E-state index contributed by atoms with van der Waals surface area (Å²) in [5, 5.41) is 0. The number of hydrogen-bond acceptors (Lipinski definition) is 4. The normalized spacial score (nSPS) is 10.8. The minimum atomic E-state index is 0.533. The van der Waals surface area contributed by atoms with E-state index >= 15 is 0 Å². The number of nitrogens with two attached hydrogens (primary N) is 2. The maximum atomic E-state index is 5.66. The smallest absolute Gasteiger partial charge is 0.192 e. The van der Waals surface area contributed by atoms with E-state index in [1.54, 1.807) is 19.1 Å². The third kappa shape index (κ3) is 0.887. The van der Waals surface area contributed by atoms with E-state index in [-0.39, 0.29) is 0 Å². The largest absolute Gasteiger partial charge is 0.439 e. The number of oxazole rings is 1. The molecule has 0 unspecified atom stereocenters. The summed E-state index contributed by atoms with van der Waals surface area (Å²) in [5.41, 5.74) is 13.7. The van der Waals surface area contributed by atoms with Crippen LogP contribution in [0.25, 0.3) is 11.1 Å². The summed E-state index contributed by atoms with van der Waals surface area (Å²) in [6.45, 7) is 1.77. The van der Waals surface area contributed by atoms with Gasteiger partial charge in [-0.15, -0.1) is 0 Å². The minimum Gasteiger partial charge on any atom is -0.439 e. The molecule has 0 radical (unpaired) electrons. The van der Waals surface area contributed by atoms with Crippen LogP contribution < -0.4 is 11.5 Å². The second-order valence-electron chi connectivity index (χ2n) is 2.69. The van der Waals surface area contributed by atoms with Gasteiger partial charge in [-0.1, -0.05) is 0 Å². The van der Waals surface area contributed by atoms with Crippen LogP contribution in [0.1, 0.15) is 5.89 Å². The van der Waals surface area contributed by atoms with Gasteiger partial charge in [0.2, 0.25) is 0 Å². The Kier molecular flexibility index (Phi) is 1.24. The molecule has 0 amide bonds. The summed E-state index contributed by atoms with van der Waals surface area (Å²) in [7, 11) is 0. The van der Waals surface area contributed by atoms with Crippen molar-refractivity contribution in [2.24, 2.45) is 0 Å². The summed E-state index contributed by atoms with van der Waals surface area (Å²) in [6.07, 6.45) is 0. The average molecular weight is 163 g/mol. The average Bonchev–Trinajstić information content (AvgIpc) is 2.29. The molecule has 1 heterocycles. The van der Waals surface area contributed by atoms with Gasteiger partial charge < -0.3 is 15.9 Å². The maximum absolute atomic E-state index is 5.66. The molecule has 1 aromatic carbocycles. The van der Waals surface area contributed by atoms with Crippen molar-refractivity contribution in [1.29, 1.82) is 0 Å². The lowest BCUT2D eigenvalue weighted by molar-refractivity contribution is 0.562. The second kappa shape index (κ2) is 2.14. The van der Waals surface area contributed by atoms with Gasteiger partial charge in [0.05, 0.1) is 5.69 Å². The van der Waals surface area contributed by atoms with E-state index in [2.05, 4.69) is 4.98 Å². The van der Waals surface area contributed by atoms with Crippen LogP contribution in [0.15, 0.2) is 16.5 Å². The predicted octanol–water partition coefficient (Wildman–Crippen LogP) is 1.30. The van der Waals surface area contributed by atoms with Crippen LogP contribution in [0, 0.1) is 6.92 Å². The first-order valence-electron chi connectivity index (χ1n) is 3.59. The molecule has 4 N–H and O–H groups in total. The molecular formula is C8H9N3O. The number of hydrogen-bond donors (Lipinski definition) is 2. The number of aryl methyl sites for hydroxylation is 1. The van der Waals surface area contributed by atoms with E-state index < -0.39 is 0 Å². The van der Waals surface area contributed by atoms with E-state index in [1.165, 1.54) is 0 Å². The molecular weight excluding hydrogens is 154 g/mol. The molecule has 0 aliphatic rings. The van der Waals surface area contributed by atoms with E-state index in [0.29, 0.717) is 28.4 Å². The summed E-state index contributed by atoms with van der Waals surface area (Å²) in [4.78, 5) is 4.11. The summed E-state index contributed by atoms with van der Waals surface area (Å²) >= 11 is 0. The highest BCUT2D eigenvalue weighted by molar-refractivity contribution is 5.88. The molecule has 0 spiro atoms. The van der Waals surface area contributed by atoms with Gasteiger partial charge in [-0.25, -0.2) is 4.98 Å². The molecule has 0 saturated heterocycles. The van der Waals surface area contributed by atoms with Crippen LogP contribution in [0.5, 0.6) is 0 Å². The van der Waals surface area contributed by atoms with Crippen molar-refractivity contribution in [3.63, 3.8) is 0 Å². The topological polar surface area (TPSA) is 78.1 Å². The molecule has 0 atom stereocenters. The Bertz CT molecular complexity index is 433. The number of nitrogen functional groups attached to an aromatic ring is 2. The lowest BCUT2D eigenvalue weighted by Gasteiger charge is -1.95. The molecule has 0 aliphatic heterocycles. The van der Waals surface area contributed by atoms with Gasteiger partial charge in [-0.05, 0) is 12.1 Å². The number of benzene rings is 1. The number of fused-ring (bicyclic) bond motifs is 1. The SMILES string of the molecule is Cc1nc2cc(N)cc(N)c2o1. The van der Waals surface area contributed by atoms with Crippen molar-refractivity contribution in [3.8, 4) is 0 Å². The number of aromatic nitrogens is 1. The van der Waals surface area contributed by atoms with Crippen molar-refractivity contribution in [2.75, 3.05) is 11.5 Å². The zero-order chi connectivity index (χ0) is 8.72. The van der Waals surface area contributed by atoms with Gasteiger partial charge in [0.1, 0.15) is 5.52 Å². The van der Waals surface area contributed by atoms with Crippen LogP contribution in [0.3, 0.4) is 0 Å².